The molecule has 2 fully saturated rings. The van der Waals surface area contributed by atoms with E-state index in [4.69, 9.17) is 16.6 Å². The van der Waals surface area contributed by atoms with E-state index >= 15 is 0 Å². The first-order valence-corrected chi connectivity index (χ1v) is 9.90. The highest BCUT2D eigenvalue weighted by Gasteiger charge is 2.61. The van der Waals surface area contributed by atoms with Crippen molar-refractivity contribution in [3.63, 3.8) is 0 Å². The quantitative estimate of drug-likeness (QED) is 0.771. The zero-order chi connectivity index (χ0) is 20.3. The number of hydrogen-bond acceptors (Lipinski definition) is 4. The lowest BCUT2D eigenvalue weighted by molar-refractivity contribution is 0.137. The molecule has 28 heavy (non-hydrogen) atoms. The molecule has 0 radical (unpaired) electrons. The third kappa shape index (κ3) is 2.65. The number of hydrogen-bond donors (Lipinski definition) is 2. The number of nitrogens with zero attached hydrogens (tertiary/aromatic N) is 2. The van der Waals surface area contributed by atoms with Crippen LogP contribution >= 0.6 is 11.6 Å². The molecule has 148 valence electrons. The standard InChI is InChI=1S/C21H24ClN3O3/c1-20(2)12-8-9-21(20,3)16(10-12)23-11-15-17(26)24-19(28)25(18(15)27)14-6-4-13(22)5-7-14/h4-7,11-12,16,27H,8-10H2,1-3H3,(H,24,26,28)/t12-,16-,21+/m1/s1. The molecule has 1 aromatic heterocycles. The Kier molecular flexibility index (Phi) is 4.30. The molecular formula is C21H24ClN3O3. The van der Waals surface area contributed by atoms with Crippen molar-refractivity contribution in [2.75, 3.05) is 0 Å². The molecule has 2 aromatic rings. The second-order valence-corrected chi connectivity index (χ2v) is 9.15. The lowest BCUT2D eigenvalue weighted by Gasteiger charge is -2.37. The summed E-state index contributed by atoms with van der Waals surface area (Å²) in [7, 11) is 0. The van der Waals surface area contributed by atoms with Gasteiger partial charge in [0.15, 0.2) is 0 Å². The Hall–Kier alpha value is -2.34. The molecule has 0 spiro atoms. The van der Waals surface area contributed by atoms with Crippen molar-refractivity contribution in [1.29, 1.82) is 0 Å². The number of benzene rings is 1. The monoisotopic (exact) mass is 401 g/mol. The van der Waals surface area contributed by atoms with Gasteiger partial charge in [-0.15, -0.1) is 0 Å². The zero-order valence-corrected chi connectivity index (χ0v) is 17.0. The number of nitrogens with one attached hydrogen (secondary N) is 1. The van der Waals surface area contributed by atoms with Crippen LogP contribution in [0.2, 0.25) is 5.02 Å². The van der Waals surface area contributed by atoms with Gasteiger partial charge in [-0.25, -0.2) is 9.36 Å². The minimum Gasteiger partial charge on any atom is -0.493 e. The fourth-order valence-corrected chi connectivity index (χ4v) is 5.16. The van der Waals surface area contributed by atoms with Crippen LogP contribution in [0.1, 0.15) is 45.6 Å². The highest BCUT2D eigenvalue weighted by atomic mass is 35.5. The van der Waals surface area contributed by atoms with Gasteiger partial charge in [0.05, 0.1) is 11.7 Å². The van der Waals surface area contributed by atoms with Crippen LogP contribution in [0.3, 0.4) is 0 Å². The minimum atomic E-state index is -0.713. The van der Waals surface area contributed by atoms with Gasteiger partial charge in [0.1, 0.15) is 5.56 Å². The number of aromatic amines is 1. The summed E-state index contributed by atoms with van der Waals surface area (Å²) in [6, 6.07) is 6.51. The van der Waals surface area contributed by atoms with Crippen LogP contribution in [0.5, 0.6) is 5.88 Å². The molecule has 2 aliphatic carbocycles. The first-order chi connectivity index (χ1) is 13.1. The molecule has 1 heterocycles. The first-order valence-electron chi connectivity index (χ1n) is 9.52. The van der Waals surface area contributed by atoms with Crippen molar-refractivity contribution >= 4 is 17.8 Å². The van der Waals surface area contributed by atoms with E-state index in [1.54, 1.807) is 24.3 Å². The molecule has 2 saturated carbocycles. The summed E-state index contributed by atoms with van der Waals surface area (Å²) in [5, 5.41) is 11.2. The van der Waals surface area contributed by atoms with Crippen LogP contribution in [-0.4, -0.2) is 26.9 Å². The topological polar surface area (TPSA) is 87.4 Å². The van der Waals surface area contributed by atoms with Crippen molar-refractivity contribution in [2.45, 2.75) is 46.1 Å². The molecule has 4 rings (SSSR count). The molecule has 3 atom stereocenters. The SMILES string of the molecule is CC1(C)[C@@H]2CC[C@@]1(C)[C@H](N=Cc1c(O)n(-c3ccc(Cl)cc3)c(=O)[nH]c1=O)C2. The van der Waals surface area contributed by atoms with Gasteiger partial charge in [0.25, 0.3) is 5.56 Å². The number of aromatic nitrogens is 2. The van der Waals surface area contributed by atoms with Gasteiger partial charge in [-0.1, -0.05) is 32.4 Å². The van der Waals surface area contributed by atoms with Crippen LogP contribution in [0, 0.1) is 16.7 Å². The van der Waals surface area contributed by atoms with E-state index in [2.05, 4.69) is 25.8 Å². The molecule has 6 nitrogen and oxygen atoms in total. The predicted octanol–water partition coefficient (Wildman–Crippen LogP) is 3.52. The first kappa shape index (κ1) is 19.0. The van der Waals surface area contributed by atoms with E-state index < -0.39 is 17.1 Å². The van der Waals surface area contributed by atoms with Gasteiger partial charge in [-0.2, -0.15) is 0 Å². The number of rotatable bonds is 3. The van der Waals surface area contributed by atoms with E-state index in [0.717, 1.165) is 17.4 Å². The zero-order valence-electron chi connectivity index (χ0n) is 16.2. The third-order valence-corrected chi connectivity index (χ3v) is 7.59. The molecule has 1 aromatic carbocycles. The fraction of sp³-hybridized carbons (Fsp3) is 0.476. The summed E-state index contributed by atoms with van der Waals surface area (Å²) in [4.78, 5) is 31.6. The Balaban J connectivity index is 1.74. The van der Waals surface area contributed by atoms with Gasteiger partial charge in [0.2, 0.25) is 5.88 Å². The Bertz CT molecular complexity index is 1070. The van der Waals surface area contributed by atoms with Gasteiger partial charge >= 0.3 is 5.69 Å². The highest BCUT2D eigenvalue weighted by Crippen LogP contribution is 2.66. The van der Waals surface area contributed by atoms with E-state index in [0.29, 0.717) is 16.6 Å². The summed E-state index contributed by atoms with van der Waals surface area (Å²) in [6.45, 7) is 6.86. The average Bonchev–Trinajstić information content (AvgIpc) is 2.96. The summed E-state index contributed by atoms with van der Waals surface area (Å²) < 4.78 is 1.05. The lowest BCUT2D eigenvalue weighted by Crippen LogP contribution is -2.35. The lowest BCUT2D eigenvalue weighted by atomic mass is 9.69. The molecule has 7 heteroatoms. The summed E-state index contributed by atoms with van der Waals surface area (Å²) in [6.07, 6.45) is 4.73. The predicted molar refractivity (Wildman–Crippen MR) is 110 cm³/mol. The third-order valence-electron chi connectivity index (χ3n) is 7.34. The summed E-state index contributed by atoms with van der Waals surface area (Å²) in [5.74, 6) is 0.196. The average molecular weight is 402 g/mol. The molecular weight excluding hydrogens is 378 g/mol. The second kappa shape index (κ2) is 6.34. The molecule has 2 aliphatic rings. The molecule has 0 saturated heterocycles. The van der Waals surface area contributed by atoms with Crippen LogP contribution in [0.15, 0.2) is 38.8 Å². The van der Waals surface area contributed by atoms with E-state index in [9.17, 15) is 14.7 Å². The van der Waals surface area contributed by atoms with Gasteiger partial charge in [-0.05, 0) is 60.3 Å². The molecule has 2 N–H and O–H groups in total. The number of aromatic hydroxyl groups is 1. The van der Waals surface area contributed by atoms with Crippen molar-refractivity contribution < 1.29 is 5.11 Å². The highest BCUT2D eigenvalue weighted by molar-refractivity contribution is 6.30. The Labute approximate surface area is 167 Å². The Morgan fingerprint density at radius 1 is 1.25 bits per heavy atom. The summed E-state index contributed by atoms with van der Waals surface area (Å²) >= 11 is 5.90. The number of fused-ring (bicyclic) bond motifs is 2. The van der Waals surface area contributed by atoms with E-state index in [1.165, 1.54) is 12.6 Å². The van der Waals surface area contributed by atoms with Gasteiger partial charge in [0, 0.05) is 11.2 Å². The van der Waals surface area contributed by atoms with Crippen molar-refractivity contribution in [3.8, 4) is 11.6 Å². The normalized spacial score (nSPS) is 28.3. The maximum absolute atomic E-state index is 12.3. The fourth-order valence-electron chi connectivity index (χ4n) is 5.04. The van der Waals surface area contributed by atoms with Crippen molar-refractivity contribution in [2.24, 2.45) is 21.7 Å². The van der Waals surface area contributed by atoms with E-state index in [-0.39, 0.29) is 22.4 Å². The number of aliphatic imine (C=N–C) groups is 1. The van der Waals surface area contributed by atoms with Crippen LogP contribution < -0.4 is 11.2 Å². The number of halogens is 1. The smallest absolute Gasteiger partial charge is 0.335 e. The largest absolute Gasteiger partial charge is 0.493 e. The molecule has 0 aliphatic heterocycles. The van der Waals surface area contributed by atoms with Crippen LogP contribution in [-0.2, 0) is 0 Å². The molecule has 0 amide bonds. The minimum absolute atomic E-state index is 0.0151. The van der Waals surface area contributed by atoms with Gasteiger partial charge in [-0.3, -0.25) is 14.8 Å². The maximum atomic E-state index is 12.3. The van der Waals surface area contributed by atoms with Crippen molar-refractivity contribution in [1.82, 2.24) is 9.55 Å². The summed E-state index contributed by atoms with van der Waals surface area (Å²) in [5.41, 5.74) is -0.698. The van der Waals surface area contributed by atoms with Crippen LogP contribution in [0.4, 0.5) is 0 Å². The Morgan fingerprint density at radius 2 is 1.93 bits per heavy atom. The van der Waals surface area contributed by atoms with E-state index in [1.807, 2.05) is 0 Å². The second-order valence-electron chi connectivity index (χ2n) is 8.71. The Morgan fingerprint density at radius 3 is 2.50 bits per heavy atom. The van der Waals surface area contributed by atoms with Crippen LogP contribution in [0.25, 0.3) is 5.69 Å². The van der Waals surface area contributed by atoms with Crippen molar-refractivity contribution in [3.05, 3.63) is 55.7 Å². The van der Waals surface area contributed by atoms with Gasteiger partial charge < -0.3 is 5.11 Å². The number of H-pyrrole nitrogens is 1. The molecule has 0 unspecified atom stereocenters. The molecule has 2 bridgehead atoms. The maximum Gasteiger partial charge on any atom is 0.335 e.